The van der Waals surface area contributed by atoms with E-state index in [2.05, 4.69) is 10.2 Å². The van der Waals surface area contributed by atoms with Crippen molar-refractivity contribution in [2.45, 2.75) is 26.4 Å². The van der Waals surface area contributed by atoms with Crippen molar-refractivity contribution in [2.75, 3.05) is 27.2 Å². The molecule has 2 rings (SSSR count). The Morgan fingerprint density at radius 3 is 2.79 bits per heavy atom. The molecule has 1 unspecified atom stereocenters. The van der Waals surface area contributed by atoms with Gasteiger partial charge in [-0.15, -0.1) is 0 Å². The minimum absolute atomic E-state index is 0.167. The highest BCUT2D eigenvalue weighted by Gasteiger charge is 2.14. The lowest BCUT2D eigenvalue weighted by atomic mass is 10.1. The highest BCUT2D eigenvalue weighted by Crippen LogP contribution is 2.22. The quantitative estimate of drug-likeness (QED) is 0.620. The molecule has 1 amide bonds. The zero-order valence-corrected chi connectivity index (χ0v) is 14.6. The first-order valence-corrected chi connectivity index (χ1v) is 8.00. The summed E-state index contributed by atoms with van der Waals surface area (Å²) in [5.41, 5.74) is 0.902. The third kappa shape index (κ3) is 4.83. The molecule has 0 radical (unpaired) electrons. The van der Waals surface area contributed by atoms with Crippen molar-refractivity contribution in [3.63, 3.8) is 0 Å². The largest absolute Gasteiger partial charge is 0.481 e. The van der Waals surface area contributed by atoms with Crippen molar-refractivity contribution < 1.29 is 13.9 Å². The minimum Gasteiger partial charge on any atom is -0.481 e. The Balaban J connectivity index is 1.98. The van der Waals surface area contributed by atoms with Crippen LogP contribution in [0.1, 0.15) is 18.9 Å². The Kier molecular flexibility index (Phi) is 5.98. The van der Waals surface area contributed by atoms with Crippen molar-refractivity contribution in [2.24, 2.45) is 0 Å². The maximum Gasteiger partial charge on any atom is 0.336 e. The maximum atomic E-state index is 12.0. The number of hydrogen-bond acceptors (Lipinski definition) is 5. The summed E-state index contributed by atoms with van der Waals surface area (Å²) >= 11 is 0. The Hall–Kier alpha value is -2.34. The van der Waals surface area contributed by atoms with Gasteiger partial charge in [-0.25, -0.2) is 4.79 Å². The van der Waals surface area contributed by atoms with Gasteiger partial charge >= 0.3 is 5.63 Å². The first-order valence-electron chi connectivity index (χ1n) is 8.00. The molecule has 6 heteroatoms. The highest BCUT2D eigenvalue weighted by atomic mass is 16.5. The van der Waals surface area contributed by atoms with Gasteiger partial charge in [0, 0.05) is 24.1 Å². The van der Waals surface area contributed by atoms with Gasteiger partial charge < -0.3 is 19.4 Å². The molecule has 24 heavy (non-hydrogen) atoms. The third-order valence-corrected chi connectivity index (χ3v) is 3.69. The molecule has 1 N–H and O–H groups in total. The molecule has 1 atom stereocenters. The van der Waals surface area contributed by atoms with Crippen molar-refractivity contribution in [1.29, 1.82) is 0 Å². The van der Waals surface area contributed by atoms with Crippen molar-refractivity contribution in [1.82, 2.24) is 10.2 Å². The predicted octanol–water partition coefficient (Wildman–Crippen LogP) is 1.94. The van der Waals surface area contributed by atoms with Crippen LogP contribution < -0.4 is 15.7 Å². The Morgan fingerprint density at radius 2 is 2.08 bits per heavy atom. The maximum absolute atomic E-state index is 12.0. The number of carbonyl (C=O) groups is 1. The fourth-order valence-corrected chi connectivity index (χ4v) is 2.39. The summed E-state index contributed by atoms with van der Waals surface area (Å²) in [4.78, 5) is 25.6. The summed E-state index contributed by atoms with van der Waals surface area (Å²) < 4.78 is 10.8. The van der Waals surface area contributed by atoms with Crippen LogP contribution in [-0.4, -0.2) is 44.1 Å². The number of aryl methyl sites for hydroxylation is 1. The van der Waals surface area contributed by atoms with Gasteiger partial charge in [0.15, 0.2) is 6.10 Å². The fraction of sp³-hybridized carbons (Fsp3) is 0.444. The Bertz CT molecular complexity index is 767. The van der Waals surface area contributed by atoms with E-state index in [-0.39, 0.29) is 5.91 Å². The lowest BCUT2D eigenvalue weighted by molar-refractivity contribution is -0.127. The number of hydrogen-bond donors (Lipinski definition) is 1. The standard InChI is InChI=1S/C18H24N2O4/c1-12-10-17(21)24-16-11-14(6-7-15(12)16)23-13(2)18(22)19-8-5-9-20(3)4/h6-7,10-11,13H,5,8-9H2,1-4H3,(H,19,22). The molecule has 0 bridgehead atoms. The molecule has 0 spiro atoms. The first-order chi connectivity index (χ1) is 11.4. The van der Waals surface area contributed by atoms with E-state index in [0.717, 1.165) is 23.9 Å². The van der Waals surface area contributed by atoms with Crippen LogP contribution in [0, 0.1) is 6.92 Å². The van der Waals surface area contributed by atoms with E-state index < -0.39 is 11.7 Å². The van der Waals surface area contributed by atoms with Gasteiger partial charge in [0.1, 0.15) is 11.3 Å². The number of ether oxygens (including phenoxy) is 1. The van der Waals surface area contributed by atoms with E-state index in [0.29, 0.717) is 17.9 Å². The molecule has 0 aliphatic carbocycles. The monoisotopic (exact) mass is 332 g/mol. The summed E-state index contributed by atoms with van der Waals surface area (Å²) in [5.74, 6) is 0.326. The SMILES string of the molecule is Cc1cc(=O)oc2cc(OC(C)C(=O)NCCCN(C)C)ccc12. The number of fused-ring (bicyclic) bond motifs is 1. The second-order valence-corrected chi connectivity index (χ2v) is 6.11. The molecule has 0 aliphatic heterocycles. The molecule has 1 aromatic carbocycles. The molecule has 1 aromatic heterocycles. The second-order valence-electron chi connectivity index (χ2n) is 6.11. The molecule has 1 heterocycles. The van der Waals surface area contributed by atoms with E-state index >= 15 is 0 Å². The fourth-order valence-electron chi connectivity index (χ4n) is 2.39. The van der Waals surface area contributed by atoms with Crippen LogP contribution in [0.15, 0.2) is 33.5 Å². The van der Waals surface area contributed by atoms with Crippen LogP contribution in [-0.2, 0) is 4.79 Å². The van der Waals surface area contributed by atoms with Crippen LogP contribution in [0.4, 0.5) is 0 Å². The summed E-state index contributed by atoms with van der Waals surface area (Å²) in [6, 6.07) is 6.68. The van der Waals surface area contributed by atoms with E-state index in [1.165, 1.54) is 6.07 Å². The summed E-state index contributed by atoms with van der Waals surface area (Å²) in [6.45, 7) is 5.07. The van der Waals surface area contributed by atoms with Gasteiger partial charge in [-0.2, -0.15) is 0 Å². The number of amides is 1. The van der Waals surface area contributed by atoms with Crippen LogP contribution >= 0.6 is 0 Å². The van der Waals surface area contributed by atoms with Gasteiger partial charge in [0.25, 0.3) is 5.91 Å². The lowest BCUT2D eigenvalue weighted by Crippen LogP contribution is -2.37. The van der Waals surface area contributed by atoms with Gasteiger partial charge in [-0.05, 0) is 58.6 Å². The zero-order valence-electron chi connectivity index (χ0n) is 14.6. The van der Waals surface area contributed by atoms with E-state index in [4.69, 9.17) is 9.15 Å². The number of nitrogens with one attached hydrogen (secondary N) is 1. The summed E-state index contributed by atoms with van der Waals surface area (Å²) in [7, 11) is 3.99. The van der Waals surface area contributed by atoms with Crippen molar-refractivity contribution in [3.8, 4) is 5.75 Å². The molecule has 6 nitrogen and oxygen atoms in total. The lowest BCUT2D eigenvalue weighted by Gasteiger charge is -2.15. The van der Waals surface area contributed by atoms with Gasteiger partial charge in [0.05, 0.1) is 0 Å². The second kappa shape index (κ2) is 7.97. The van der Waals surface area contributed by atoms with Crippen LogP contribution in [0.25, 0.3) is 11.0 Å². The topological polar surface area (TPSA) is 71.8 Å². The molecule has 0 fully saturated rings. The third-order valence-electron chi connectivity index (χ3n) is 3.69. The number of rotatable bonds is 7. The van der Waals surface area contributed by atoms with Crippen molar-refractivity contribution >= 4 is 16.9 Å². The molecule has 0 saturated carbocycles. The van der Waals surface area contributed by atoms with Gasteiger partial charge in [0.2, 0.25) is 0 Å². The average Bonchev–Trinajstić information content (AvgIpc) is 2.50. The van der Waals surface area contributed by atoms with Crippen LogP contribution in [0.3, 0.4) is 0 Å². The van der Waals surface area contributed by atoms with Crippen LogP contribution in [0.5, 0.6) is 5.75 Å². The molecular formula is C18H24N2O4. The number of carbonyl (C=O) groups excluding carboxylic acids is 1. The number of benzene rings is 1. The Labute approximate surface area is 141 Å². The summed E-state index contributed by atoms with van der Waals surface area (Å²) in [5, 5.41) is 3.70. The number of nitrogens with zero attached hydrogens (tertiary/aromatic N) is 1. The zero-order chi connectivity index (χ0) is 17.7. The van der Waals surface area contributed by atoms with E-state index in [9.17, 15) is 9.59 Å². The van der Waals surface area contributed by atoms with Crippen molar-refractivity contribution in [3.05, 3.63) is 40.2 Å². The first kappa shape index (κ1) is 18.0. The minimum atomic E-state index is -0.627. The van der Waals surface area contributed by atoms with E-state index in [1.807, 2.05) is 27.1 Å². The molecular weight excluding hydrogens is 308 g/mol. The smallest absolute Gasteiger partial charge is 0.336 e. The molecule has 0 aliphatic rings. The molecule has 130 valence electrons. The molecule has 2 aromatic rings. The van der Waals surface area contributed by atoms with Gasteiger partial charge in [-0.3, -0.25) is 4.79 Å². The predicted molar refractivity (Wildman–Crippen MR) is 93.5 cm³/mol. The normalized spacial score (nSPS) is 12.4. The van der Waals surface area contributed by atoms with Crippen LogP contribution in [0.2, 0.25) is 0 Å². The summed E-state index contributed by atoms with van der Waals surface area (Å²) in [6.07, 6.45) is 0.254. The average molecular weight is 332 g/mol. The van der Waals surface area contributed by atoms with E-state index in [1.54, 1.807) is 19.1 Å². The Morgan fingerprint density at radius 1 is 1.33 bits per heavy atom. The molecule has 0 saturated heterocycles. The highest BCUT2D eigenvalue weighted by molar-refractivity contribution is 5.82. The van der Waals surface area contributed by atoms with Gasteiger partial charge in [-0.1, -0.05) is 0 Å².